The number of aliphatic imine (C=N–C) groups is 1. The normalized spacial score (nSPS) is 19.1. The molecule has 1 heterocycles. The van der Waals surface area contributed by atoms with E-state index in [-0.39, 0.29) is 5.75 Å². The van der Waals surface area contributed by atoms with Crippen molar-refractivity contribution in [1.29, 1.82) is 0 Å². The number of nitrogens with one attached hydrogen (secondary N) is 1. The van der Waals surface area contributed by atoms with E-state index in [0.29, 0.717) is 37.7 Å². The van der Waals surface area contributed by atoms with Gasteiger partial charge in [-0.1, -0.05) is 6.07 Å². The summed E-state index contributed by atoms with van der Waals surface area (Å²) < 4.78 is 34.3. The predicted octanol–water partition coefficient (Wildman–Crippen LogP) is 1.68. The number of guanidine groups is 1. The molecule has 26 heavy (non-hydrogen) atoms. The van der Waals surface area contributed by atoms with Crippen LogP contribution in [0.25, 0.3) is 0 Å². The van der Waals surface area contributed by atoms with E-state index in [1.54, 1.807) is 28.1 Å². The molecular weight excluding hydrogens is 354 g/mol. The Morgan fingerprint density at radius 3 is 2.54 bits per heavy atom. The third-order valence-electron chi connectivity index (χ3n) is 4.54. The lowest BCUT2D eigenvalue weighted by Crippen LogP contribution is -2.57. The fourth-order valence-electron chi connectivity index (χ4n) is 2.90. The molecule has 1 aliphatic rings. The number of benzene rings is 1. The minimum absolute atomic E-state index is 0.140. The molecule has 0 amide bonds. The zero-order chi connectivity index (χ0) is 19.4. The van der Waals surface area contributed by atoms with Crippen LogP contribution in [-0.2, 0) is 16.4 Å². The Hall–Kier alpha value is -1.96. The molecule has 0 unspecified atom stereocenters. The molecule has 1 aliphatic heterocycles. The van der Waals surface area contributed by atoms with Gasteiger partial charge in [-0.25, -0.2) is 13.4 Å². The van der Waals surface area contributed by atoms with Crippen LogP contribution in [0.5, 0.6) is 11.5 Å². The molecule has 0 aliphatic carbocycles. The Morgan fingerprint density at radius 1 is 1.27 bits per heavy atom. The van der Waals surface area contributed by atoms with Crippen LogP contribution in [-0.4, -0.2) is 63.6 Å². The third kappa shape index (κ3) is 4.41. The van der Waals surface area contributed by atoms with Gasteiger partial charge < -0.3 is 19.7 Å². The largest absolute Gasteiger partial charge is 0.493 e. The maximum absolute atomic E-state index is 12.2. The topological polar surface area (TPSA) is 80.2 Å². The van der Waals surface area contributed by atoms with Gasteiger partial charge in [0.15, 0.2) is 27.3 Å². The van der Waals surface area contributed by atoms with Crippen molar-refractivity contribution in [3.8, 4) is 11.5 Å². The van der Waals surface area contributed by atoms with E-state index in [4.69, 9.17) is 14.5 Å². The summed E-state index contributed by atoms with van der Waals surface area (Å²) in [5, 5.41) is 3.26. The number of hydrogen-bond donors (Lipinski definition) is 1. The molecule has 1 N–H and O–H groups in total. The molecule has 1 aromatic carbocycles. The van der Waals surface area contributed by atoms with Crippen molar-refractivity contribution in [2.45, 2.75) is 32.1 Å². The van der Waals surface area contributed by atoms with E-state index in [2.05, 4.69) is 5.32 Å². The van der Waals surface area contributed by atoms with E-state index in [1.165, 1.54) is 0 Å². The van der Waals surface area contributed by atoms with Gasteiger partial charge in [-0.05, 0) is 38.5 Å². The summed E-state index contributed by atoms with van der Waals surface area (Å²) in [5.41, 5.74) is 0.988. The van der Waals surface area contributed by atoms with Gasteiger partial charge in [-0.2, -0.15) is 0 Å². The molecule has 7 nitrogen and oxygen atoms in total. The molecule has 0 spiro atoms. The number of ether oxygens (including phenoxy) is 2. The first-order valence-corrected chi connectivity index (χ1v) is 10.4. The van der Waals surface area contributed by atoms with Gasteiger partial charge in [0, 0.05) is 19.6 Å². The first kappa shape index (κ1) is 20.4. The molecule has 0 bridgehead atoms. The third-order valence-corrected chi connectivity index (χ3v) is 7.07. The smallest absolute Gasteiger partial charge is 0.194 e. The van der Waals surface area contributed by atoms with Crippen LogP contribution in [0.4, 0.5) is 0 Å². The summed E-state index contributed by atoms with van der Waals surface area (Å²) in [6.07, 6.45) is 0. The second kappa shape index (κ2) is 8.16. The highest BCUT2D eigenvalue weighted by atomic mass is 32.2. The number of rotatable bonds is 5. The highest BCUT2D eigenvalue weighted by Crippen LogP contribution is 2.28. The van der Waals surface area contributed by atoms with Crippen molar-refractivity contribution < 1.29 is 17.9 Å². The number of sulfone groups is 1. The lowest BCUT2D eigenvalue weighted by atomic mass is 10.2. The SMILES string of the molecule is CCNC(=NCc1ccc(OC)c(OC)c1)N1CCS(=O)(=O)C(C)(C)C1. The monoisotopic (exact) mass is 383 g/mol. The van der Waals surface area contributed by atoms with E-state index in [0.717, 1.165) is 11.5 Å². The molecular formula is C18H29N3O4S. The van der Waals surface area contributed by atoms with Crippen LogP contribution in [0.15, 0.2) is 23.2 Å². The first-order valence-electron chi connectivity index (χ1n) is 8.70. The van der Waals surface area contributed by atoms with Crippen LogP contribution in [0.2, 0.25) is 0 Å². The lowest BCUT2D eigenvalue weighted by molar-refractivity contribution is 0.352. The van der Waals surface area contributed by atoms with Gasteiger partial charge in [0.2, 0.25) is 0 Å². The van der Waals surface area contributed by atoms with Crippen molar-refractivity contribution in [3.63, 3.8) is 0 Å². The Balaban J connectivity index is 2.19. The summed E-state index contributed by atoms with van der Waals surface area (Å²) in [5.74, 6) is 2.21. The van der Waals surface area contributed by atoms with E-state index >= 15 is 0 Å². The average Bonchev–Trinajstić information content (AvgIpc) is 2.60. The second-order valence-corrected chi connectivity index (χ2v) is 9.60. The number of nitrogens with zero attached hydrogens (tertiary/aromatic N) is 2. The summed E-state index contributed by atoms with van der Waals surface area (Å²) in [6.45, 7) is 7.59. The zero-order valence-electron chi connectivity index (χ0n) is 16.2. The molecule has 0 radical (unpaired) electrons. The fraction of sp³-hybridized carbons (Fsp3) is 0.611. The van der Waals surface area contributed by atoms with E-state index in [1.807, 2.05) is 30.0 Å². The summed E-state index contributed by atoms with van der Waals surface area (Å²) in [6, 6.07) is 5.70. The molecule has 146 valence electrons. The lowest BCUT2D eigenvalue weighted by Gasteiger charge is -2.39. The molecule has 0 aromatic heterocycles. The summed E-state index contributed by atoms with van der Waals surface area (Å²) >= 11 is 0. The van der Waals surface area contributed by atoms with E-state index < -0.39 is 14.6 Å². The quantitative estimate of drug-likeness (QED) is 0.616. The minimum atomic E-state index is -3.08. The van der Waals surface area contributed by atoms with Crippen molar-refractivity contribution >= 4 is 15.8 Å². The Morgan fingerprint density at radius 2 is 1.96 bits per heavy atom. The fourth-order valence-corrected chi connectivity index (χ4v) is 4.26. The first-order chi connectivity index (χ1) is 12.2. The van der Waals surface area contributed by atoms with Crippen LogP contribution in [0.1, 0.15) is 26.3 Å². The molecule has 2 rings (SSSR count). The molecule has 8 heteroatoms. The average molecular weight is 384 g/mol. The zero-order valence-corrected chi connectivity index (χ0v) is 17.0. The van der Waals surface area contributed by atoms with Crippen molar-refractivity contribution in [2.24, 2.45) is 4.99 Å². The standard InChI is InChI=1S/C18H29N3O4S/c1-6-19-17(21-9-10-26(22,23)18(2,3)13-21)20-12-14-7-8-15(24-4)16(11-14)25-5/h7-8,11H,6,9-10,12-13H2,1-5H3,(H,19,20). The predicted molar refractivity (Wildman–Crippen MR) is 104 cm³/mol. The van der Waals surface area contributed by atoms with Gasteiger partial charge in [0.05, 0.1) is 31.3 Å². The Kier molecular flexibility index (Phi) is 6.39. The van der Waals surface area contributed by atoms with Crippen molar-refractivity contribution in [2.75, 3.05) is 39.6 Å². The van der Waals surface area contributed by atoms with Gasteiger partial charge in [-0.3, -0.25) is 0 Å². The highest BCUT2D eigenvalue weighted by molar-refractivity contribution is 7.92. The van der Waals surface area contributed by atoms with Gasteiger partial charge in [-0.15, -0.1) is 0 Å². The van der Waals surface area contributed by atoms with Crippen molar-refractivity contribution in [1.82, 2.24) is 10.2 Å². The highest BCUT2D eigenvalue weighted by Gasteiger charge is 2.40. The molecule has 1 aromatic rings. The molecule has 1 fully saturated rings. The maximum Gasteiger partial charge on any atom is 0.194 e. The summed E-state index contributed by atoms with van der Waals surface area (Å²) in [4.78, 5) is 6.71. The Bertz CT molecular complexity index is 760. The minimum Gasteiger partial charge on any atom is -0.493 e. The van der Waals surface area contributed by atoms with Crippen LogP contribution in [0, 0.1) is 0 Å². The van der Waals surface area contributed by atoms with E-state index in [9.17, 15) is 8.42 Å². The number of methoxy groups -OCH3 is 2. The maximum atomic E-state index is 12.2. The van der Waals surface area contributed by atoms with Gasteiger partial charge in [0.25, 0.3) is 0 Å². The Labute approximate surface area is 156 Å². The summed E-state index contributed by atoms with van der Waals surface area (Å²) in [7, 11) is 0.124. The van der Waals surface area contributed by atoms with Crippen LogP contribution in [0.3, 0.4) is 0 Å². The molecule has 1 saturated heterocycles. The number of hydrogen-bond acceptors (Lipinski definition) is 5. The van der Waals surface area contributed by atoms with Crippen LogP contribution >= 0.6 is 0 Å². The van der Waals surface area contributed by atoms with Crippen molar-refractivity contribution in [3.05, 3.63) is 23.8 Å². The van der Waals surface area contributed by atoms with Gasteiger partial charge >= 0.3 is 0 Å². The molecule has 0 saturated carbocycles. The van der Waals surface area contributed by atoms with Crippen LogP contribution < -0.4 is 14.8 Å². The second-order valence-electron chi connectivity index (χ2n) is 6.86. The molecule has 0 atom stereocenters. The van der Waals surface area contributed by atoms with Gasteiger partial charge in [0.1, 0.15) is 0 Å².